The van der Waals surface area contributed by atoms with E-state index in [0.717, 1.165) is 11.1 Å². The topological polar surface area (TPSA) is 63.5 Å². The molecule has 0 spiro atoms. The molecule has 0 bridgehead atoms. The predicted octanol–water partition coefficient (Wildman–Crippen LogP) is 3.56. The molecule has 6 nitrogen and oxygen atoms in total. The lowest BCUT2D eigenvalue weighted by molar-refractivity contribution is -0.126. The van der Waals surface area contributed by atoms with Crippen molar-refractivity contribution in [2.24, 2.45) is 10.2 Å². The zero-order valence-corrected chi connectivity index (χ0v) is 16.3. The minimum absolute atomic E-state index is 0.0415. The van der Waals surface area contributed by atoms with Gasteiger partial charge in [-0.05, 0) is 24.6 Å². The van der Waals surface area contributed by atoms with Crippen molar-refractivity contribution >= 4 is 29.1 Å². The third kappa shape index (κ3) is 4.49. The van der Waals surface area contributed by atoms with E-state index in [9.17, 15) is 4.79 Å². The number of amides is 1. The third-order valence-electron chi connectivity index (χ3n) is 4.09. The van der Waals surface area contributed by atoms with Gasteiger partial charge in [0.2, 0.25) is 5.91 Å². The highest BCUT2D eigenvalue weighted by Gasteiger charge is 2.35. The molecule has 1 atom stereocenters. The van der Waals surface area contributed by atoms with Gasteiger partial charge in [-0.1, -0.05) is 42.1 Å². The zero-order chi connectivity index (χ0) is 19.2. The first kappa shape index (κ1) is 19.0. The van der Waals surface area contributed by atoms with Gasteiger partial charge in [-0.3, -0.25) is 9.69 Å². The van der Waals surface area contributed by atoms with Crippen molar-refractivity contribution in [3.63, 3.8) is 0 Å². The Morgan fingerprint density at radius 1 is 1.15 bits per heavy atom. The van der Waals surface area contributed by atoms with Crippen molar-refractivity contribution in [3.05, 3.63) is 59.7 Å². The standard InChI is InChI=1S/C20H21N3O3S/c1-14-19(24)23(13-15-7-5-4-6-8-15)20(27-14)22-21-12-16-9-10-17(25-2)11-18(16)26-3/h4-12,14H,13H2,1-3H3/b21-12+,22-20-. The monoisotopic (exact) mass is 383 g/mol. The van der Waals surface area contributed by atoms with E-state index < -0.39 is 0 Å². The number of hydrogen-bond donors (Lipinski definition) is 0. The second kappa shape index (κ2) is 8.73. The first-order valence-electron chi connectivity index (χ1n) is 8.47. The summed E-state index contributed by atoms with van der Waals surface area (Å²) < 4.78 is 10.5. The van der Waals surface area contributed by atoms with Crippen LogP contribution in [-0.4, -0.2) is 41.7 Å². The number of methoxy groups -OCH3 is 2. The lowest BCUT2D eigenvalue weighted by Gasteiger charge is -2.15. The quantitative estimate of drug-likeness (QED) is 0.565. The van der Waals surface area contributed by atoms with Crippen molar-refractivity contribution in [3.8, 4) is 11.5 Å². The number of rotatable bonds is 6. The lowest BCUT2D eigenvalue weighted by atomic mass is 10.2. The van der Waals surface area contributed by atoms with Gasteiger partial charge in [-0.15, -0.1) is 5.10 Å². The Morgan fingerprint density at radius 2 is 1.93 bits per heavy atom. The summed E-state index contributed by atoms with van der Waals surface area (Å²) in [5, 5.41) is 8.89. The number of carbonyl (C=O) groups excluding carboxylic acids is 1. The fourth-order valence-electron chi connectivity index (χ4n) is 2.64. The molecule has 1 aliphatic heterocycles. The molecular formula is C20H21N3O3S. The average Bonchev–Trinajstić information content (AvgIpc) is 2.96. The molecule has 2 aromatic rings. The Bertz CT molecular complexity index is 868. The fourth-order valence-corrected chi connectivity index (χ4v) is 3.56. The summed E-state index contributed by atoms with van der Waals surface area (Å²) in [6.07, 6.45) is 1.61. The normalized spacial score (nSPS) is 18.5. The molecule has 140 valence electrons. The molecule has 1 heterocycles. The Labute approximate surface area is 162 Å². The number of carbonyl (C=O) groups is 1. The lowest BCUT2D eigenvalue weighted by Crippen LogP contribution is -2.30. The van der Waals surface area contributed by atoms with Crippen molar-refractivity contribution in [2.75, 3.05) is 14.2 Å². The fraction of sp³-hybridized carbons (Fsp3) is 0.250. The van der Waals surface area contributed by atoms with E-state index in [2.05, 4.69) is 10.2 Å². The first-order chi connectivity index (χ1) is 13.1. The molecule has 7 heteroatoms. The third-order valence-corrected chi connectivity index (χ3v) is 5.16. The van der Waals surface area contributed by atoms with Crippen LogP contribution in [0.3, 0.4) is 0 Å². The second-order valence-electron chi connectivity index (χ2n) is 5.91. The molecule has 1 fully saturated rings. The summed E-state index contributed by atoms with van der Waals surface area (Å²) in [6, 6.07) is 15.3. The summed E-state index contributed by atoms with van der Waals surface area (Å²) in [5.41, 5.74) is 1.83. The molecule has 3 rings (SSSR count). The number of thioether (sulfide) groups is 1. The van der Waals surface area contributed by atoms with Crippen molar-refractivity contribution in [2.45, 2.75) is 18.7 Å². The Hall–Kier alpha value is -2.80. The van der Waals surface area contributed by atoms with Crippen LogP contribution >= 0.6 is 11.8 Å². The second-order valence-corrected chi connectivity index (χ2v) is 7.21. The van der Waals surface area contributed by atoms with E-state index in [1.807, 2.05) is 49.4 Å². The minimum Gasteiger partial charge on any atom is -0.497 e. The van der Waals surface area contributed by atoms with Gasteiger partial charge in [-0.2, -0.15) is 5.10 Å². The van der Waals surface area contributed by atoms with Crippen LogP contribution in [0.4, 0.5) is 0 Å². The van der Waals surface area contributed by atoms with Crippen molar-refractivity contribution < 1.29 is 14.3 Å². The molecule has 0 saturated carbocycles. The molecule has 0 N–H and O–H groups in total. The molecule has 2 aromatic carbocycles. The van der Waals surface area contributed by atoms with Gasteiger partial charge >= 0.3 is 0 Å². The van der Waals surface area contributed by atoms with Crippen LogP contribution in [0.15, 0.2) is 58.7 Å². The number of benzene rings is 2. The number of ether oxygens (including phenoxy) is 2. The largest absolute Gasteiger partial charge is 0.497 e. The molecule has 0 aliphatic carbocycles. The highest BCUT2D eigenvalue weighted by molar-refractivity contribution is 8.15. The Balaban J connectivity index is 1.80. The van der Waals surface area contributed by atoms with Crippen molar-refractivity contribution in [1.29, 1.82) is 0 Å². The average molecular weight is 383 g/mol. The van der Waals surface area contributed by atoms with Crippen LogP contribution in [0.2, 0.25) is 0 Å². The van der Waals surface area contributed by atoms with Crippen LogP contribution < -0.4 is 9.47 Å². The molecule has 1 unspecified atom stereocenters. The summed E-state index contributed by atoms with van der Waals surface area (Å²) >= 11 is 1.41. The molecule has 0 radical (unpaired) electrons. The van der Waals surface area contributed by atoms with Gasteiger partial charge in [0, 0.05) is 11.6 Å². The van der Waals surface area contributed by atoms with E-state index in [-0.39, 0.29) is 11.2 Å². The van der Waals surface area contributed by atoms with E-state index in [1.165, 1.54) is 11.8 Å². The molecule has 1 amide bonds. The summed E-state index contributed by atoms with van der Waals surface area (Å²) in [6.45, 7) is 2.36. The SMILES string of the molecule is COc1ccc(/C=N/N=C2\SC(C)C(=O)N2Cc2ccccc2)c(OC)c1. The van der Waals surface area contributed by atoms with E-state index in [1.54, 1.807) is 31.4 Å². The van der Waals surface area contributed by atoms with Crippen LogP contribution in [0.1, 0.15) is 18.1 Å². The summed E-state index contributed by atoms with van der Waals surface area (Å²) in [4.78, 5) is 14.1. The van der Waals surface area contributed by atoms with Crippen LogP contribution in [0.5, 0.6) is 11.5 Å². The molecular weight excluding hydrogens is 362 g/mol. The van der Waals surface area contributed by atoms with E-state index in [0.29, 0.717) is 23.2 Å². The highest BCUT2D eigenvalue weighted by Crippen LogP contribution is 2.28. The van der Waals surface area contributed by atoms with Crippen LogP contribution in [-0.2, 0) is 11.3 Å². The maximum absolute atomic E-state index is 12.5. The van der Waals surface area contributed by atoms with E-state index >= 15 is 0 Å². The van der Waals surface area contributed by atoms with Crippen molar-refractivity contribution in [1.82, 2.24) is 4.90 Å². The van der Waals surface area contributed by atoms with E-state index in [4.69, 9.17) is 9.47 Å². The maximum Gasteiger partial charge on any atom is 0.242 e. The zero-order valence-electron chi connectivity index (χ0n) is 15.5. The highest BCUT2D eigenvalue weighted by atomic mass is 32.2. The van der Waals surface area contributed by atoms with Gasteiger partial charge < -0.3 is 9.47 Å². The molecule has 0 aromatic heterocycles. The summed E-state index contributed by atoms with van der Waals surface area (Å²) in [7, 11) is 3.19. The molecule has 1 saturated heterocycles. The number of nitrogens with zero attached hydrogens (tertiary/aromatic N) is 3. The smallest absolute Gasteiger partial charge is 0.242 e. The van der Waals surface area contributed by atoms with Crippen LogP contribution in [0, 0.1) is 0 Å². The minimum atomic E-state index is -0.168. The molecule has 1 aliphatic rings. The Kier molecular flexibility index (Phi) is 6.13. The maximum atomic E-state index is 12.5. The van der Waals surface area contributed by atoms with Gasteiger partial charge in [0.25, 0.3) is 0 Å². The van der Waals surface area contributed by atoms with Gasteiger partial charge in [0.1, 0.15) is 11.5 Å². The van der Waals surface area contributed by atoms with Crippen LogP contribution in [0.25, 0.3) is 0 Å². The van der Waals surface area contributed by atoms with Gasteiger partial charge in [0.05, 0.1) is 32.2 Å². The van der Waals surface area contributed by atoms with Gasteiger partial charge in [-0.25, -0.2) is 0 Å². The molecule has 27 heavy (non-hydrogen) atoms. The van der Waals surface area contributed by atoms with Gasteiger partial charge in [0.15, 0.2) is 5.17 Å². The number of amidine groups is 1. The predicted molar refractivity (Wildman–Crippen MR) is 109 cm³/mol. The number of hydrogen-bond acceptors (Lipinski definition) is 6. The Morgan fingerprint density at radius 3 is 2.63 bits per heavy atom. The first-order valence-corrected chi connectivity index (χ1v) is 9.35. The summed E-state index contributed by atoms with van der Waals surface area (Å²) in [5.74, 6) is 1.39.